The lowest BCUT2D eigenvalue weighted by atomic mass is 9.90. The van der Waals surface area contributed by atoms with Gasteiger partial charge in [0, 0.05) is 44.5 Å². The third kappa shape index (κ3) is 4.45. The van der Waals surface area contributed by atoms with E-state index in [2.05, 4.69) is 20.9 Å². The van der Waals surface area contributed by atoms with Gasteiger partial charge in [0.25, 0.3) is 0 Å². The van der Waals surface area contributed by atoms with Gasteiger partial charge < -0.3 is 15.4 Å². The molecular formula is C20H32N4O. The zero-order valence-corrected chi connectivity index (χ0v) is 15.3. The van der Waals surface area contributed by atoms with E-state index in [0.29, 0.717) is 6.04 Å². The van der Waals surface area contributed by atoms with E-state index in [1.54, 1.807) is 0 Å². The summed E-state index contributed by atoms with van der Waals surface area (Å²) >= 11 is 0. The molecule has 0 radical (unpaired) electrons. The summed E-state index contributed by atoms with van der Waals surface area (Å²) < 4.78 is 6.08. The molecule has 2 aliphatic carbocycles. The Labute approximate surface area is 151 Å². The molecule has 138 valence electrons. The molecule has 1 saturated heterocycles. The van der Waals surface area contributed by atoms with E-state index in [-0.39, 0.29) is 0 Å². The number of hydrogen-bond acceptors (Lipinski definition) is 5. The number of nitrogens with zero attached hydrogens (tertiary/aromatic N) is 3. The molecule has 5 heteroatoms. The minimum atomic E-state index is 0.430. The van der Waals surface area contributed by atoms with Crippen LogP contribution < -0.4 is 15.4 Å². The van der Waals surface area contributed by atoms with Crippen molar-refractivity contribution in [1.82, 2.24) is 9.88 Å². The molecule has 0 unspecified atom stereocenters. The molecule has 0 bridgehead atoms. The molecule has 4 rings (SSSR count). The van der Waals surface area contributed by atoms with Crippen molar-refractivity contribution in [2.24, 2.45) is 11.7 Å². The molecule has 3 aliphatic rings. The number of pyridine rings is 1. The summed E-state index contributed by atoms with van der Waals surface area (Å²) in [7, 11) is 0. The Morgan fingerprint density at radius 2 is 1.88 bits per heavy atom. The third-order valence-corrected chi connectivity index (χ3v) is 6.01. The van der Waals surface area contributed by atoms with Gasteiger partial charge in [-0.2, -0.15) is 0 Å². The first kappa shape index (κ1) is 17.1. The Hall–Kier alpha value is -1.33. The Balaban J connectivity index is 1.37. The lowest BCUT2D eigenvalue weighted by Gasteiger charge is -2.35. The van der Waals surface area contributed by atoms with Gasteiger partial charge in [0.1, 0.15) is 0 Å². The second-order valence-electron chi connectivity index (χ2n) is 8.02. The lowest BCUT2D eigenvalue weighted by Crippen LogP contribution is -2.42. The summed E-state index contributed by atoms with van der Waals surface area (Å²) in [6.07, 6.45) is 10.6. The van der Waals surface area contributed by atoms with Gasteiger partial charge in [0.2, 0.25) is 0 Å². The lowest BCUT2D eigenvalue weighted by molar-refractivity contribution is 0.159. The van der Waals surface area contributed by atoms with Gasteiger partial charge in [-0.3, -0.25) is 4.90 Å². The van der Waals surface area contributed by atoms with E-state index in [9.17, 15) is 0 Å². The predicted octanol–water partition coefficient (Wildman–Crippen LogP) is 2.65. The highest BCUT2D eigenvalue weighted by molar-refractivity contribution is 5.52. The highest BCUT2D eigenvalue weighted by atomic mass is 16.5. The van der Waals surface area contributed by atoms with Crippen LogP contribution in [0.25, 0.3) is 0 Å². The number of anilines is 1. The Morgan fingerprint density at radius 1 is 1.04 bits per heavy atom. The van der Waals surface area contributed by atoms with Gasteiger partial charge in [0.05, 0.1) is 6.61 Å². The molecule has 0 aromatic carbocycles. The van der Waals surface area contributed by atoms with Crippen molar-refractivity contribution in [3.8, 4) is 5.75 Å². The van der Waals surface area contributed by atoms with Gasteiger partial charge in [-0.1, -0.05) is 0 Å². The first-order valence-corrected chi connectivity index (χ1v) is 10.1. The molecular weight excluding hydrogens is 312 g/mol. The Bertz CT molecular complexity index is 554. The van der Waals surface area contributed by atoms with Gasteiger partial charge in [-0.05, 0) is 63.0 Å². The van der Waals surface area contributed by atoms with Crippen molar-refractivity contribution in [1.29, 1.82) is 0 Å². The third-order valence-electron chi connectivity index (χ3n) is 6.01. The van der Waals surface area contributed by atoms with Crippen molar-refractivity contribution in [2.75, 3.05) is 37.7 Å². The van der Waals surface area contributed by atoms with E-state index < -0.39 is 0 Å². The maximum atomic E-state index is 6.08. The zero-order valence-electron chi connectivity index (χ0n) is 15.3. The Kier molecular flexibility index (Phi) is 5.42. The van der Waals surface area contributed by atoms with Gasteiger partial charge in [-0.15, -0.1) is 0 Å². The first-order chi connectivity index (χ1) is 12.3. The van der Waals surface area contributed by atoms with Crippen molar-refractivity contribution >= 4 is 5.82 Å². The molecule has 3 fully saturated rings. The van der Waals surface area contributed by atoms with Crippen LogP contribution in [0.15, 0.2) is 18.3 Å². The average molecular weight is 345 g/mol. The molecule has 1 aromatic heterocycles. The van der Waals surface area contributed by atoms with Gasteiger partial charge >= 0.3 is 0 Å². The summed E-state index contributed by atoms with van der Waals surface area (Å²) in [5.74, 6) is 2.77. The molecule has 2 N–H and O–H groups in total. The number of nitrogens with two attached hydrogens (primary N) is 1. The first-order valence-electron chi connectivity index (χ1n) is 10.1. The van der Waals surface area contributed by atoms with Crippen molar-refractivity contribution < 1.29 is 4.74 Å². The molecule has 2 saturated carbocycles. The van der Waals surface area contributed by atoms with Crippen molar-refractivity contribution in [3.63, 3.8) is 0 Å². The molecule has 1 aromatic rings. The topological polar surface area (TPSA) is 54.6 Å². The highest BCUT2D eigenvalue weighted by Crippen LogP contribution is 2.32. The summed E-state index contributed by atoms with van der Waals surface area (Å²) in [6, 6.07) is 5.23. The fraction of sp³-hybridized carbons (Fsp3) is 0.750. The second-order valence-corrected chi connectivity index (χ2v) is 8.02. The maximum absolute atomic E-state index is 6.08. The van der Waals surface area contributed by atoms with Crippen molar-refractivity contribution in [2.45, 2.75) is 57.0 Å². The maximum Gasteiger partial charge on any atom is 0.171 e. The van der Waals surface area contributed by atoms with E-state index >= 15 is 0 Å². The van der Waals surface area contributed by atoms with Crippen LogP contribution in [0, 0.1) is 5.92 Å². The van der Waals surface area contributed by atoms with Crippen LogP contribution in [0.4, 0.5) is 5.82 Å². The van der Waals surface area contributed by atoms with Crippen LogP contribution >= 0.6 is 0 Å². The van der Waals surface area contributed by atoms with Crippen LogP contribution in [0.2, 0.25) is 0 Å². The molecule has 5 nitrogen and oxygen atoms in total. The van der Waals surface area contributed by atoms with Gasteiger partial charge in [-0.25, -0.2) is 4.98 Å². The highest BCUT2D eigenvalue weighted by Gasteiger charge is 2.27. The zero-order chi connectivity index (χ0) is 17.1. The number of ether oxygens (including phenoxy) is 1. The van der Waals surface area contributed by atoms with Gasteiger partial charge in [0.15, 0.2) is 11.6 Å². The molecule has 0 atom stereocenters. The summed E-state index contributed by atoms with van der Waals surface area (Å²) in [4.78, 5) is 9.78. The predicted molar refractivity (Wildman–Crippen MR) is 101 cm³/mol. The minimum Gasteiger partial charge on any atom is -0.489 e. The number of hydrogen-bond donors (Lipinski definition) is 1. The quantitative estimate of drug-likeness (QED) is 0.890. The van der Waals surface area contributed by atoms with E-state index in [1.807, 2.05) is 12.3 Å². The van der Waals surface area contributed by atoms with Crippen LogP contribution in [-0.4, -0.2) is 54.8 Å². The Morgan fingerprint density at radius 3 is 2.68 bits per heavy atom. The SMILES string of the molecule is NC1CCC(N2CCCN(c3ncccc3OCC3CC3)CC2)CC1. The normalized spacial score (nSPS) is 28.6. The fourth-order valence-electron chi connectivity index (χ4n) is 4.21. The van der Waals surface area contributed by atoms with E-state index in [4.69, 9.17) is 10.5 Å². The second kappa shape index (κ2) is 7.92. The van der Waals surface area contributed by atoms with Crippen LogP contribution in [0.5, 0.6) is 5.75 Å². The molecule has 25 heavy (non-hydrogen) atoms. The summed E-state index contributed by atoms with van der Waals surface area (Å²) in [6.45, 7) is 5.28. The van der Waals surface area contributed by atoms with E-state index in [0.717, 1.165) is 49.8 Å². The molecule has 0 spiro atoms. The summed E-state index contributed by atoms with van der Waals surface area (Å²) in [5, 5.41) is 0. The minimum absolute atomic E-state index is 0.430. The fourth-order valence-corrected chi connectivity index (χ4v) is 4.21. The summed E-state index contributed by atoms with van der Waals surface area (Å²) in [5.41, 5.74) is 6.08. The van der Waals surface area contributed by atoms with E-state index in [1.165, 1.54) is 51.5 Å². The molecule has 0 amide bonds. The molecule has 1 aliphatic heterocycles. The number of aromatic nitrogens is 1. The largest absolute Gasteiger partial charge is 0.489 e. The number of rotatable bonds is 5. The standard InChI is InChI=1S/C20H32N4O/c21-17-6-8-18(9-7-17)23-11-2-12-24(14-13-23)20-19(3-1-10-22-20)25-15-16-4-5-16/h1,3,10,16-18H,2,4-9,11-15,21H2. The van der Waals surface area contributed by atoms with Crippen LogP contribution in [0.1, 0.15) is 44.9 Å². The van der Waals surface area contributed by atoms with Crippen LogP contribution in [0.3, 0.4) is 0 Å². The van der Waals surface area contributed by atoms with Crippen LogP contribution in [-0.2, 0) is 0 Å². The monoisotopic (exact) mass is 344 g/mol. The molecule has 2 heterocycles. The smallest absolute Gasteiger partial charge is 0.171 e. The average Bonchev–Trinajstić information content (AvgIpc) is 3.48. The van der Waals surface area contributed by atoms with Crippen molar-refractivity contribution in [3.05, 3.63) is 18.3 Å².